The molecule has 1 N–H and O–H groups in total. The summed E-state index contributed by atoms with van der Waals surface area (Å²) in [6.45, 7) is 3.23. The summed E-state index contributed by atoms with van der Waals surface area (Å²) < 4.78 is 8.95. The van der Waals surface area contributed by atoms with Gasteiger partial charge in [-0.05, 0) is 30.5 Å². The van der Waals surface area contributed by atoms with Crippen molar-refractivity contribution < 1.29 is 4.74 Å². The maximum atomic E-state index is 5.98. The Morgan fingerprint density at radius 3 is 2.86 bits per heavy atom. The molecule has 8 heteroatoms. The van der Waals surface area contributed by atoms with E-state index in [-0.39, 0.29) is 35.5 Å². The van der Waals surface area contributed by atoms with Gasteiger partial charge in [-0.1, -0.05) is 34.5 Å². The normalized spacial score (nSPS) is 21.3. The summed E-state index contributed by atoms with van der Waals surface area (Å²) in [4.78, 5) is 6.86. The Morgan fingerprint density at radius 1 is 1.41 bits per heavy atom. The van der Waals surface area contributed by atoms with Crippen LogP contribution in [0.25, 0.3) is 0 Å². The number of morpholine rings is 1. The molecule has 2 fully saturated rings. The van der Waals surface area contributed by atoms with Gasteiger partial charge in [-0.25, -0.2) is 0 Å². The molecule has 2 heterocycles. The van der Waals surface area contributed by atoms with Gasteiger partial charge in [0, 0.05) is 48.8 Å². The molecule has 0 amide bonds. The lowest BCUT2D eigenvalue weighted by molar-refractivity contribution is -0.00820. The van der Waals surface area contributed by atoms with Gasteiger partial charge in [0.2, 0.25) is 0 Å². The number of rotatable bonds is 4. The smallest absolute Gasteiger partial charge is 0.193 e. The standard InChI is InChI=1S/C21H28BrN5O.HI/c1-23-20(27-9-10-28-19(14-27)16-12-25-26(2)13-16)24-15-21(7-4-8-21)17-5-3-6-18(22)11-17;/h3,5-6,11-13,19H,4,7-10,14-15H2,1-2H3,(H,23,24);1H. The van der Waals surface area contributed by atoms with Crippen molar-refractivity contribution in [2.45, 2.75) is 30.8 Å². The van der Waals surface area contributed by atoms with Crippen LogP contribution >= 0.6 is 39.9 Å². The number of nitrogens with one attached hydrogen (secondary N) is 1. The third-order valence-corrected chi connectivity index (χ3v) is 6.50. The van der Waals surface area contributed by atoms with Crippen LogP contribution in [0.2, 0.25) is 0 Å². The SMILES string of the molecule is CN=C(NCC1(c2cccc(Br)c2)CCC1)N1CCOC(c2cnn(C)c2)C1.I. The first-order chi connectivity index (χ1) is 13.6. The van der Waals surface area contributed by atoms with Crippen LogP contribution in [0.5, 0.6) is 0 Å². The van der Waals surface area contributed by atoms with Crippen LogP contribution in [-0.2, 0) is 17.2 Å². The molecule has 2 aliphatic rings. The van der Waals surface area contributed by atoms with Crippen molar-refractivity contribution in [2.24, 2.45) is 12.0 Å². The number of ether oxygens (including phenoxy) is 1. The minimum atomic E-state index is 0. The molecule has 1 saturated carbocycles. The van der Waals surface area contributed by atoms with Crippen molar-refractivity contribution in [3.05, 3.63) is 52.3 Å². The van der Waals surface area contributed by atoms with E-state index in [4.69, 9.17) is 4.74 Å². The Hall–Kier alpha value is -1.13. The summed E-state index contributed by atoms with van der Waals surface area (Å²) in [7, 11) is 3.80. The van der Waals surface area contributed by atoms with Crippen LogP contribution in [0.3, 0.4) is 0 Å². The van der Waals surface area contributed by atoms with Gasteiger partial charge in [-0.2, -0.15) is 5.10 Å². The van der Waals surface area contributed by atoms with E-state index >= 15 is 0 Å². The zero-order valence-corrected chi connectivity index (χ0v) is 20.9. The van der Waals surface area contributed by atoms with Gasteiger partial charge in [0.25, 0.3) is 0 Å². The minimum Gasteiger partial charge on any atom is -0.370 e. The number of aliphatic imine (C=N–C) groups is 1. The number of benzene rings is 1. The second-order valence-corrected chi connectivity index (χ2v) is 8.71. The average molecular weight is 574 g/mol. The number of hydrogen-bond acceptors (Lipinski definition) is 3. The highest BCUT2D eigenvalue weighted by Crippen LogP contribution is 2.43. The zero-order chi connectivity index (χ0) is 19.6. The molecule has 2 aromatic rings. The first-order valence-corrected chi connectivity index (χ1v) is 10.7. The fourth-order valence-electron chi connectivity index (χ4n) is 4.22. The summed E-state index contributed by atoms with van der Waals surface area (Å²) in [5, 5.41) is 7.94. The van der Waals surface area contributed by atoms with E-state index in [1.54, 1.807) is 0 Å². The highest BCUT2D eigenvalue weighted by atomic mass is 127. The Morgan fingerprint density at radius 2 is 2.24 bits per heavy atom. The molecule has 1 unspecified atom stereocenters. The van der Waals surface area contributed by atoms with Crippen LogP contribution in [0.15, 0.2) is 46.1 Å². The van der Waals surface area contributed by atoms with Crippen LogP contribution in [-0.4, -0.2) is 53.9 Å². The topological polar surface area (TPSA) is 54.7 Å². The second kappa shape index (κ2) is 9.78. The van der Waals surface area contributed by atoms with Crippen LogP contribution in [0, 0.1) is 0 Å². The largest absolute Gasteiger partial charge is 0.370 e. The molecule has 6 nitrogen and oxygen atoms in total. The third kappa shape index (κ3) is 4.96. The molecule has 1 aromatic carbocycles. The van der Waals surface area contributed by atoms with E-state index in [9.17, 15) is 0 Å². The number of guanidine groups is 1. The molecular formula is C21H29BrIN5O. The molecule has 29 heavy (non-hydrogen) atoms. The summed E-state index contributed by atoms with van der Waals surface area (Å²) in [5.41, 5.74) is 2.73. The van der Waals surface area contributed by atoms with Crippen molar-refractivity contribution in [3.63, 3.8) is 0 Å². The zero-order valence-electron chi connectivity index (χ0n) is 17.0. The predicted octanol–water partition coefficient (Wildman–Crippen LogP) is 3.87. The van der Waals surface area contributed by atoms with Crippen molar-refractivity contribution in [1.29, 1.82) is 0 Å². The van der Waals surface area contributed by atoms with Gasteiger partial charge in [-0.15, -0.1) is 24.0 Å². The second-order valence-electron chi connectivity index (χ2n) is 7.80. The van der Waals surface area contributed by atoms with E-state index in [1.807, 2.05) is 31.2 Å². The van der Waals surface area contributed by atoms with Gasteiger partial charge in [0.05, 0.1) is 19.3 Å². The molecule has 0 radical (unpaired) electrons. The molecule has 1 aromatic heterocycles. The quantitative estimate of drug-likeness (QED) is 0.343. The van der Waals surface area contributed by atoms with Gasteiger partial charge >= 0.3 is 0 Å². The molecule has 1 atom stereocenters. The molecular weight excluding hydrogens is 545 g/mol. The average Bonchev–Trinajstić information content (AvgIpc) is 3.11. The number of hydrogen-bond donors (Lipinski definition) is 1. The van der Waals surface area contributed by atoms with Crippen LogP contribution in [0.4, 0.5) is 0 Å². The molecule has 0 spiro atoms. The number of aryl methyl sites for hydroxylation is 1. The molecule has 1 saturated heterocycles. The summed E-state index contributed by atoms with van der Waals surface area (Å²) >= 11 is 3.62. The summed E-state index contributed by atoms with van der Waals surface area (Å²) in [5.74, 6) is 0.957. The van der Waals surface area contributed by atoms with Crippen LogP contribution < -0.4 is 5.32 Å². The Labute approximate surface area is 198 Å². The van der Waals surface area contributed by atoms with E-state index in [1.165, 1.54) is 24.8 Å². The van der Waals surface area contributed by atoms with Gasteiger partial charge in [-0.3, -0.25) is 9.67 Å². The van der Waals surface area contributed by atoms with Crippen molar-refractivity contribution >= 4 is 45.9 Å². The molecule has 158 valence electrons. The van der Waals surface area contributed by atoms with Crippen molar-refractivity contribution in [1.82, 2.24) is 20.0 Å². The number of nitrogens with zero attached hydrogens (tertiary/aromatic N) is 4. The summed E-state index contributed by atoms with van der Waals surface area (Å²) in [6, 6.07) is 8.74. The fourth-order valence-corrected chi connectivity index (χ4v) is 4.62. The lowest BCUT2D eigenvalue weighted by Gasteiger charge is -2.44. The highest BCUT2D eigenvalue weighted by Gasteiger charge is 2.39. The van der Waals surface area contributed by atoms with Gasteiger partial charge in [0.15, 0.2) is 5.96 Å². The molecule has 1 aliphatic heterocycles. The fraction of sp³-hybridized carbons (Fsp3) is 0.524. The van der Waals surface area contributed by atoms with Crippen molar-refractivity contribution in [2.75, 3.05) is 33.3 Å². The summed E-state index contributed by atoms with van der Waals surface area (Å²) in [6.07, 6.45) is 7.67. The highest BCUT2D eigenvalue weighted by molar-refractivity contribution is 14.0. The Bertz CT molecular complexity index is 851. The number of halogens is 2. The van der Waals surface area contributed by atoms with Gasteiger partial charge in [0.1, 0.15) is 6.10 Å². The lowest BCUT2D eigenvalue weighted by Crippen LogP contribution is -2.52. The first-order valence-electron chi connectivity index (χ1n) is 9.91. The van der Waals surface area contributed by atoms with E-state index in [2.05, 4.69) is 60.5 Å². The van der Waals surface area contributed by atoms with Crippen LogP contribution in [0.1, 0.15) is 36.5 Å². The third-order valence-electron chi connectivity index (χ3n) is 6.01. The number of aromatic nitrogens is 2. The lowest BCUT2D eigenvalue weighted by atomic mass is 9.64. The van der Waals surface area contributed by atoms with E-state index in [0.717, 1.165) is 35.6 Å². The Kier molecular flexibility index (Phi) is 7.61. The van der Waals surface area contributed by atoms with E-state index < -0.39 is 0 Å². The molecule has 1 aliphatic carbocycles. The molecule has 4 rings (SSSR count). The maximum Gasteiger partial charge on any atom is 0.193 e. The first kappa shape index (κ1) is 22.6. The maximum absolute atomic E-state index is 5.98. The Balaban J connectivity index is 0.00000240. The van der Waals surface area contributed by atoms with E-state index in [0.29, 0.717) is 6.61 Å². The van der Waals surface area contributed by atoms with Gasteiger partial charge < -0.3 is 15.0 Å². The minimum absolute atomic E-state index is 0. The molecule has 0 bridgehead atoms. The predicted molar refractivity (Wildman–Crippen MR) is 130 cm³/mol. The monoisotopic (exact) mass is 573 g/mol. The van der Waals surface area contributed by atoms with Crippen molar-refractivity contribution in [3.8, 4) is 0 Å².